The Labute approximate surface area is 125 Å². The molecule has 18 heavy (non-hydrogen) atoms. The van der Waals surface area contributed by atoms with Gasteiger partial charge in [0.1, 0.15) is 5.82 Å². The molecule has 1 aliphatic rings. The van der Waals surface area contributed by atoms with Gasteiger partial charge < -0.3 is 0 Å². The number of likely N-dealkylation sites (tertiary alicyclic amines) is 1. The van der Waals surface area contributed by atoms with Crippen LogP contribution in [0, 0.1) is 11.7 Å². The normalized spacial score (nSPS) is 20.0. The summed E-state index contributed by atoms with van der Waals surface area (Å²) in [7, 11) is 0. The van der Waals surface area contributed by atoms with Gasteiger partial charge in [0.25, 0.3) is 0 Å². The molecule has 2 rings (SSSR count). The summed E-state index contributed by atoms with van der Waals surface area (Å²) in [4.78, 5) is 2.93. The molecule has 1 aromatic rings. The van der Waals surface area contributed by atoms with Crippen LogP contribution >= 0.6 is 31.9 Å². The predicted molar refractivity (Wildman–Crippen MR) is 80.5 cm³/mol. The van der Waals surface area contributed by atoms with Gasteiger partial charge in [0.15, 0.2) is 0 Å². The molecule has 100 valence electrons. The number of hydrogen-bond acceptors (Lipinski definition) is 1. The van der Waals surface area contributed by atoms with Gasteiger partial charge in [-0.2, -0.15) is 0 Å². The lowest BCUT2D eigenvalue weighted by molar-refractivity contribution is 0.176. The minimum absolute atomic E-state index is 0.111. The topological polar surface area (TPSA) is 3.24 Å². The molecule has 0 radical (unpaired) electrons. The molecule has 1 unspecified atom stereocenters. The summed E-state index contributed by atoms with van der Waals surface area (Å²) in [6.07, 6.45) is 2.40. The van der Waals surface area contributed by atoms with Crippen molar-refractivity contribution in [2.24, 2.45) is 5.92 Å². The van der Waals surface area contributed by atoms with Crippen molar-refractivity contribution in [1.82, 2.24) is 4.90 Å². The maximum atomic E-state index is 13.7. The van der Waals surface area contributed by atoms with Crippen molar-refractivity contribution in [2.45, 2.75) is 31.1 Å². The van der Waals surface area contributed by atoms with Crippen LogP contribution in [0.2, 0.25) is 0 Å². The Morgan fingerprint density at radius 3 is 2.61 bits per heavy atom. The minimum atomic E-state index is -0.111. The number of nitrogens with zero attached hydrogens (tertiary/aromatic N) is 1. The average molecular weight is 379 g/mol. The second-order valence-electron chi connectivity index (χ2n) is 5.03. The first kappa shape index (κ1) is 14.5. The lowest BCUT2D eigenvalue weighted by Crippen LogP contribution is -2.35. The van der Waals surface area contributed by atoms with E-state index >= 15 is 0 Å². The van der Waals surface area contributed by atoms with Gasteiger partial charge in [-0.3, -0.25) is 4.90 Å². The molecule has 1 atom stereocenters. The highest BCUT2D eigenvalue weighted by atomic mass is 79.9. The van der Waals surface area contributed by atoms with Crippen molar-refractivity contribution in [3.8, 4) is 0 Å². The molecule has 0 aromatic heterocycles. The lowest BCUT2D eigenvalue weighted by Gasteiger charge is -2.33. The molecule has 1 nitrogen and oxygen atoms in total. The van der Waals surface area contributed by atoms with E-state index in [2.05, 4.69) is 43.7 Å². The van der Waals surface area contributed by atoms with Gasteiger partial charge in [-0.05, 0) is 44.0 Å². The molecule has 1 aliphatic heterocycles. The number of hydrogen-bond donors (Lipinski definition) is 0. The largest absolute Gasteiger partial charge is 0.299 e. The van der Waals surface area contributed by atoms with E-state index in [9.17, 15) is 4.39 Å². The van der Waals surface area contributed by atoms with Crippen molar-refractivity contribution in [2.75, 3.05) is 13.1 Å². The SMILES string of the molecule is CC(Br)C1CCN(Cc2ccc(Br)cc2F)CC1. The molecule has 4 heteroatoms. The summed E-state index contributed by atoms with van der Waals surface area (Å²) in [5.41, 5.74) is 0.795. The van der Waals surface area contributed by atoms with Gasteiger partial charge in [0.05, 0.1) is 0 Å². The third-order valence-corrected chi connectivity index (χ3v) is 4.93. The van der Waals surface area contributed by atoms with Crippen LogP contribution < -0.4 is 0 Å². The Bertz CT molecular complexity index is 401. The molecule has 0 aliphatic carbocycles. The van der Waals surface area contributed by atoms with Crippen LogP contribution in [-0.2, 0) is 6.54 Å². The highest BCUT2D eigenvalue weighted by Gasteiger charge is 2.22. The second-order valence-corrected chi connectivity index (χ2v) is 7.39. The fourth-order valence-electron chi connectivity index (χ4n) is 2.46. The van der Waals surface area contributed by atoms with Crippen molar-refractivity contribution < 1.29 is 4.39 Å². The minimum Gasteiger partial charge on any atom is -0.299 e. The predicted octanol–water partition coefficient (Wildman–Crippen LogP) is 4.58. The molecule has 1 aromatic carbocycles. The van der Waals surface area contributed by atoms with Crippen LogP contribution in [0.1, 0.15) is 25.3 Å². The lowest BCUT2D eigenvalue weighted by atomic mass is 9.94. The number of piperidine rings is 1. The van der Waals surface area contributed by atoms with E-state index in [0.29, 0.717) is 4.83 Å². The Balaban J connectivity index is 1.91. The van der Waals surface area contributed by atoms with Crippen LogP contribution in [0.25, 0.3) is 0 Å². The van der Waals surface area contributed by atoms with Crippen LogP contribution in [0.15, 0.2) is 22.7 Å². The molecule has 0 N–H and O–H groups in total. The number of rotatable bonds is 3. The third kappa shape index (κ3) is 3.78. The maximum absolute atomic E-state index is 13.7. The number of benzene rings is 1. The number of halogens is 3. The van der Waals surface area contributed by atoms with Gasteiger partial charge in [-0.15, -0.1) is 0 Å². The molecule has 0 bridgehead atoms. The first-order valence-electron chi connectivity index (χ1n) is 6.36. The summed E-state index contributed by atoms with van der Waals surface area (Å²) in [5, 5.41) is 0. The Kier molecular flexibility index (Phi) is 5.22. The van der Waals surface area contributed by atoms with Crippen LogP contribution in [-0.4, -0.2) is 22.8 Å². The number of alkyl halides is 1. The molecule has 1 fully saturated rings. The maximum Gasteiger partial charge on any atom is 0.128 e. The van der Waals surface area contributed by atoms with Crippen molar-refractivity contribution in [3.63, 3.8) is 0 Å². The third-order valence-electron chi connectivity index (χ3n) is 3.69. The molecule has 0 amide bonds. The van der Waals surface area contributed by atoms with Crippen LogP contribution in [0.5, 0.6) is 0 Å². The van der Waals surface area contributed by atoms with Crippen molar-refractivity contribution >= 4 is 31.9 Å². The zero-order valence-electron chi connectivity index (χ0n) is 10.5. The summed E-state index contributed by atoms with van der Waals surface area (Å²) in [6.45, 7) is 5.07. The van der Waals surface area contributed by atoms with Gasteiger partial charge in [0.2, 0.25) is 0 Å². The van der Waals surface area contributed by atoms with Crippen molar-refractivity contribution in [1.29, 1.82) is 0 Å². The molecule has 0 spiro atoms. The first-order valence-corrected chi connectivity index (χ1v) is 8.07. The standard InChI is InChI=1S/C14H18Br2FN/c1-10(15)11-4-6-18(7-5-11)9-12-2-3-13(16)8-14(12)17/h2-3,8,10-11H,4-7,9H2,1H3. The summed E-state index contributed by atoms with van der Waals surface area (Å²) < 4.78 is 14.5. The fourth-order valence-corrected chi connectivity index (χ4v) is 3.32. The van der Waals surface area contributed by atoms with E-state index in [0.717, 1.165) is 35.6 Å². The smallest absolute Gasteiger partial charge is 0.128 e. The summed E-state index contributed by atoms with van der Waals surface area (Å²) in [6, 6.07) is 5.33. The van der Waals surface area contributed by atoms with Crippen LogP contribution in [0.4, 0.5) is 4.39 Å². The van der Waals surface area contributed by atoms with E-state index in [4.69, 9.17) is 0 Å². The Morgan fingerprint density at radius 1 is 1.39 bits per heavy atom. The van der Waals surface area contributed by atoms with E-state index in [1.54, 1.807) is 6.07 Å². The van der Waals surface area contributed by atoms with Gasteiger partial charge in [0, 0.05) is 21.4 Å². The van der Waals surface area contributed by atoms with E-state index in [1.807, 2.05) is 12.1 Å². The second kappa shape index (κ2) is 6.49. The van der Waals surface area contributed by atoms with Gasteiger partial charge >= 0.3 is 0 Å². The quantitative estimate of drug-likeness (QED) is 0.695. The zero-order valence-corrected chi connectivity index (χ0v) is 13.7. The highest BCUT2D eigenvalue weighted by molar-refractivity contribution is 9.10. The molecule has 1 heterocycles. The molecular formula is C14H18Br2FN. The van der Waals surface area contributed by atoms with Crippen LogP contribution in [0.3, 0.4) is 0 Å². The van der Waals surface area contributed by atoms with E-state index < -0.39 is 0 Å². The summed E-state index contributed by atoms with van der Waals surface area (Å²) in [5.74, 6) is 0.649. The Hall–Kier alpha value is 0.0700. The molecule has 0 saturated carbocycles. The molecular weight excluding hydrogens is 361 g/mol. The van der Waals surface area contributed by atoms with Crippen molar-refractivity contribution in [3.05, 3.63) is 34.1 Å². The van der Waals surface area contributed by atoms with Gasteiger partial charge in [-0.25, -0.2) is 4.39 Å². The first-order chi connectivity index (χ1) is 8.56. The molecule has 1 saturated heterocycles. The van der Waals surface area contributed by atoms with Gasteiger partial charge in [-0.1, -0.05) is 44.8 Å². The van der Waals surface area contributed by atoms with E-state index in [1.165, 1.54) is 12.8 Å². The van der Waals surface area contributed by atoms with E-state index in [-0.39, 0.29) is 5.82 Å². The highest BCUT2D eigenvalue weighted by Crippen LogP contribution is 2.26. The summed E-state index contributed by atoms with van der Waals surface area (Å²) >= 11 is 6.94. The zero-order chi connectivity index (χ0) is 13.1. The monoisotopic (exact) mass is 377 g/mol. The fraction of sp³-hybridized carbons (Fsp3) is 0.571. The Morgan fingerprint density at radius 2 is 2.06 bits per heavy atom. The average Bonchev–Trinajstić information content (AvgIpc) is 2.33.